The Morgan fingerprint density at radius 3 is 2.41 bits per heavy atom. The highest BCUT2D eigenvalue weighted by atomic mass is 32.1. The minimum absolute atomic E-state index is 0.201. The van der Waals surface area contributed by atoms with Gasteiger partial charge in [-0.05, 0) is 58.4 Å². The summed E-state index contributed by atoms with van der Waals surface area (Å²) in [5.41, 5.74) is 6.35. The van der Waals surface area contributed by atoms with Crippen LogP contribution in [0.4, 0.5) is 5.69 Å². The lowest BCUT2D eigenvalue weighted by molar-refractivity contribution is -0.138. The third kappa shape index (κ3) is 6.51. The Kier molecular flexibility index (Phi) is 9.95. The van der Waals surface area contributed by atoms with Crippen molar-refractivity contribution in [3.63, 3.8) is 0 Å². The third-order valence-electron chi connectivity index (χ3n) is 7.36. The van der Waals surface area contributed by atoms with Crippen molar-refractivity contribution in [3.05, 3.63) is 83.7 Å². The van der Waals surface area contributed by atoms with Crippen molar-refractivity contribution < 1.29 is 13.9 Å². The lowest BCUT2D eigenvalue weighted by Crippen LogP contribution is -2.29. The van der Waals surface area contributed by atoms with Crippen molar-refractivity contribution in [2.24, 2.45) is 0 Å². The number of nitrogens with zero attached hydrogens (tertiary/aromatic N) is 2. The Morgan fingerprint density at radius 2 is 1.73 bits per heavy atom. The molecule has 41 heavy (non-hydrogen) atoms. The highest BCUT2D eigenvalue weighted by Gasteiger charge is 2.22. The summed E-state index contributed by atoms with van der Waals surface area (Å²) in [6, 6.07) is 21.1. The number of esters is 1. The van der Waals surface area contributed by atoms with Gasteiger partial charge in [0, 0.05) is 65.1 Å². The van der Waals surface area contributed by atoms with Gasteiger partial charge in [0.2, 0.25) is 5.36 Å². The first-order valence-electron chi connectivity index (χ1n) is 14.4. The molecule has 2 aliphatic rings. The molecule has 0 aromatic heterocycles. The van der Waals surface area contributed by atoms with Crippen molar-refractivity contribution in [2.75, 3.05) is 44.2 Å². The fraction of sp³-hybridized carbons (Fsp3) is 0.324. The van der Waals surface area contributed by atoms with Crippen LogP contribution in [-0.4, -0.2) is 50.3 Å². The number of carbonyl (C=O) groups excluding carboxylic acids is 1. The molecule has 0 spiro atoms. The minimum Gasteiger partial charge on any atom is -0.460 e. The number of fused-ring (bicyclic) bond motifs is 2. The SMILES string of the molecule is C=C(C)C(=O)OCCNC(=S)c1ccccc1-c1c2ccc(=[N+](CC)CC)cc-2oc2cc(N(CC)CC)ccc12. The Morgan fingerprint density at radius 1 is 1.00 bits per heavy atom. The maximum Gasteiger partial charge on any atom is 0.333 e. The van der Waals surface area contributed by atoms with E-state index in [1.165, 1.54) is 0 Å². The smallest absolute Gasteiger partial charge is 0.333 e. The average Bonchev–Trinajstić information content (AvgIpc) is 2.99. The number of carbonyl (C=O) groups is 1. The van der Waals surface area contributed by atoms with Crippen LogP contribution in [0, 0.1) is 0 Å². The summed E-state index contributed by atoms with van der Waals surface area (Å²) in [5.74, 6) is 0.422. The van der Waals surface area contributed by atoms with Gasteiger partial charge in [-0.25, -0.2) is 9.37 Å². The standard InChI is InChI=1S/C34H39N3O3S/c1-7-36(8-2)24-15-17-28-30(21-24)40-31-22-25(37(9-3)10-4)16-18-29(31)32(28)26-13-11-12-14-27(26)33(41)35-19-20-39-34(38)23(5)6/h11-18,21-22H,5,7-10,19-20H2,1-4,6H3/p+1. The molecule has 2 aromatic rings. The number of rotatable bonds is 11. The molecule has 0 atom stereocenters. The summed E-state index contributed by atoms with van der Waals surface area (Å²) in [4.78, 5) is 14.7. The first-order chi connectivity index (χ1) is 19.8. The Bertz CT molecular complexity index is 1610. The largest absolute Gasteiger partial charge is 0.460 e. The van der Waals surface area contributed by atoms with Crippen LogP contribution in [0.3, 0.4) is 0 Å². The predicted octanol–water partition coefficient (Wildman–Crippen LogP) is 6.25. The van der Waals surface area contributed by atoms with Gasteiger partial charge in [0.1, 0.15) is 36.0 Å². The molecule has 1 N–H and O–H groups in total. The summed E-state index contributed by atoms with van der Waals surface area (Å²) in [5, 5.41) is 5.42. The van der Waals surface area contributed by atoms with Crippen LogP contribution >= 0.6 is 12.2 Å². The molecular formula is C34H40N3O3S+. The molecule has 1 aliphatic heterocycles. The first kappa shape index (κ1) is 30.0. The van der Waals surface area contributed by atoms with Gasteiger partial charge < -0.3 is 19.4 Å². The molecule has 0 radical (unpaired) electrons. The van der Waals surface area contributed by atoms with Gasteiger partial charge in [-0.3, -0.25) is 0 Å². The molecular weight excluding hydrogens is 530 g/mol. The molecule has 1 aliphatic carbocycles. The van der Waals surface area contributed by atoms with Gasteiger partial charge in [0.25, 0.3) is 0 Å². The lowest BCUT2D eigenvalue weighted by atomic mass is 9.90. The van der Waals surface area contributed by atoms with Crippen molar-refractivity contribution >= 4 is 39.8 Å². The van der Waals surface area contributed by atoms with E-state index in [4.69, 9.17) is 21.4 Å². The second kappa shape index (κ2) is 13.6. The van der Waals surface area contributed by atoms with E-state index in [2.05, 4.69) is 91.5 Å². The molecule has 2 aromatic carbocycles. The molecule has 0 fully saturated rings. The summed E-state index contributed by atoms with van der Waals surface area (Å²) in [7, 11) is 0. The lowest BCUT2D eigenvalue weighted by Gasteiger charge is -2.23. The molecule has 0 unspecified atom stereocenters. The zero-order valence-corrected chi connectivity index (χ0v) is 25.6. The van der Waals surface area contributed by atoms with Gasteiger partial charge in [-0.2, -0.15) is 0 Å². The van der Waals surface area contributed by atoms with E-state index in [0.717, 1.165) is 76.2 Å². The molecule has 0 saturated heterocycles. The van der Waals surface area contributed by atoms with Crippen LogP contribution in [0.2, 0.25) is 0 Å². The van der Waals surface area contributed by atoms with E-state index < -0.39 is 5.97 Å². The van der Waals surface area contributed by atoms with Crippen molar-refractivity contribution in [1.82, 2.24) is 9.89 Å². The van der Waals surface area contributed by atoms with Crippen molar-refractivity contribution in [3.8, 4) is 22.5 Å². The van der Waals surface area contributed by atoms with Crippen molar-refractivity contribution in [2.45, 2.75) is 34.6 Å². The van der Waals surface area contributed by atoms with Gasteiger partial charge in [-0.1, -0.05) is 43.1 Å². The molecule has 1 heterocycles. The Labute approximate surface area is 248 Å². The molecule has 0 amide bonds. The number of benzene rings is 3. The maximum absolute atomic E-state index is 11.8. The molecule has 0 bridgehead atoms. The van der Waals surface area contributed by atoms with E-state index in [9.17, 15) is 4.79 Å². The Hall–Kier alpha value is -3.97. The molecule has 214 valence electrons. The number of hydrogen-bond acceptors (Lipinski definition) is 5. The fourth-order valence-electron chi connectivity index (χ4n) is 5.15. The second-order valence-electron chi connectivity index (χ2n) is 9.90. The minimum atomic E-state index is -0.405. The van der Waals surface area contributed by atoms with Crippen LogP contribution in [0.5, 0.6) is 0 Å². The Balaban J connectivity index is 1.88. The number of nitrogens with one attached hydrogen (secondary N) is 1. The third-order valence-corrected chi connectivity index (χ3v) is 7.72. The monoisotopic (exact) mass is 570 g/mol. The zero-order valence-electron chi connectivity index (χ0n) is 24.8. The maximum atomic E-state index is 11.8. The number of hydrogen-bond donors (Lipinski definition) is 1. The quantitative estimate of drug-likeness (QED) is 0.0575. The van der Waals surface area contributed by atoms with Crippen molar-refractivity contribution in [1.29, 1.82) is 0 Å². The average molecular weight is 571 g/mol. The molecule has 0 saturated carbocycles. The van der Waals surface area contributed by atoms with Crippen LogP contribution < -0.4 is 20.1 Å². The van der Waals surface area contributed by atoms with Crippen LogP contribution in [0.25, 0.3) is 33.4 Å². The summed E-state index contributed by atoms with van der Waals surface area (Å²) >= 11 is 5.85. The number of anilines is 1. The van der Waals surface area contributed by atoms with E-state index in [0.29, 0.717) is 17.1 Å². The number of ether oxygens (including phenoxy) is 1. The fourth-order valence-corrected chi connectivity index (χ4v) is 5.43. The highest BCUT2D eigenvalue weighted by molar-refractivity contribution is 7.80. The topological polar surface area (TPSA) is 57.7 Å². The summed E-state index contributed by atoms with van der Waals surface area (Å²) < 4.78 is 14.2. The molecule has 6 nitrogen and oxygen atoms in total. The normalized spacial score (nSPS) is 11.0. The van der Waals surface area contributed by atoms with Gasteiger partial charge in [0.15, 0.2) is 0 Å². The van der Waals surface area contributed by atoms with E-state index in [-0.39, 0.29) is 6.61 Å². The summed E-state index contributed by atoms with van der Waals surface area (Å²) in [6.07, 6.45) is 0. The van der Waals surface area contributed by atoms with Crippen LogP contribution in [0.1, 0.15) is 40.2 Å². The summed E-state index contributed by atoms with van der Waals surface area (Å²) in [6.45, 7) is 18.2. The zero-order chi connectivity index (χ0) is 29.5. The van der Waals surface area contributed by atoms with Crippen LogP contribution in [0.15, 0.2) is 77.2 Å². The molecule has 4 rings (SSSR count). The van der Waals surface area contributed by atoms with Gasteiger partial charge >= 0.3 is 5.97 Å². The van der Waals surface area contributed by atoms with E-state index >= 15 is 0 Å². The first-order valence-corrected chi connectivity index (χ1v) is 14.8. The van der Waals surface area contributed by atoms with E-state index in [1.54, 1.807) is 6.92 Å². The second-order valence-corrected chi connectivity index (χ2v) is 10.3. The molecule has 7 heteroatoms. The van der Waals surface area contributed by atoms with Gasteiger partial charge in [-0.15, -0.1) is 0 Å². The highest BCUT2D eigenvalue weighted by Crippen LogP contribution is 2.42. The predicted molar refractivity (Wildman–Crippen MR) is 174 cm³/mol. The van der Waals surface area contributed by atoms with Gasteiger partial charge in [0.05, 0.1) is 6.07 Å². The van der Waals surface area contributed by atoms with Crippen LogP contribution in [-0.2, 0) is 9.53 Å². The van der Waals surface area contributed by atoms with E-state index in [1.807, 2.05) is 18.2 Å². The number of thiocarbonyl (C=S) groups is 1.